The van der Waals surface area contributed by atoms with Crippen LogP contribution >= 0.6 is 0 Å². The van der Waals surface area contributed by atoms with E-state index in [0.717, 1.165) is 41.9 Å². The summed E-state index contributed by atoms with van der Waals surface area (Å²) in [5, 5.41) is 3.38. The molecular weight excluding hydrogens is 565 g/mol. The van der Waals surface area contributed by atoms with Crippen LogP contribution in [0.2, 0.25) is 0 Å². The third kappa shape index (κ3) is 7.04. The maximum Gasteiger partial charge on any atom is 0.491 e. The van der Waals surface area contributed by atoms with Crippen LogP contribution in [0.4, 0.5) is 24.9 Å². The fourth-order valence-electron chi connectivity index (χ4n) is 5.25. The molecule has 0 amide bonds. The van der Waals surface area contributed by atoms with Crippen molar-refractivity contribution in [2.75, 3.05) is 29.9 Å². The van der Waals surface area contributed by atoms with E-state index in [1.54, 1.807) is 37.4 Å². The minimum absolute atomic E-state index is 0.390. The molecule has 1 atom stereocenters. The van der Waals surface area contributed by atoms with Crippen molar-refractivity contribution in [2.45, 2.75) is 45.3 Å². The summed E-state index contributed by atoms with van der Waals surface area (Å²) in [4.78, 5) is 51.0. The number of piperidine rings is 1. The van der Waals surface area contributed by atoms with Crippen LogP contribution in [0.15, 0.2) is 59.5 Å². The lowest BCUT2D eigenvalue weighted by Crippen LogP contribution is -2.39. The number of esters is 2. The number of aromatic amines is 1. The molecule has 0 spiro atoms. The zero-order valence-electron chi connectivity index (χ0n) is 23.6. The number of anilines is 2. The number of hydrogen-bond donors (Lipinski definition) is 2. The minimum atomic E-state index is -5.32. The summed E-state index contributed by atoms with van der Waals surface area (Å²) in [6.45, 7) is 5.73. The molecule has 3 heterocycles. The Morgan fingerprint density at radius 1 is 1.07 bits per heavy atom. The molecule has 0 aliphatic carbocycles. The van der Waals surface area contributed by atoms with Crippen molar-refractivity contribution in [1.82, 2.24) is 19.5 Å². The van der Waals surface area contributed by atoms with Gasteiger partial charge in [-0.15, -0.1) is 0 Å². The van der Waals surface area contributed by atoms with Crippen molar-refractivity contribution < 1.29 is 27.5 Å². The SMILES string of the molecule is Cc1ccc(C(CC(=O)OC(=O)C(F)(F)F)n2cc(C)c(N3CCC(CNc4nc5ccccc5[nH]4)CC3)nc2=O)cc1. The molecule has 1 unspecified atom stereocenters. The Balaban J connectivity index is 1.28. The average molecular weight is 597 g/mol. The van der Waals surface area contributed by atoms with Crippen LogP contribution in [0.5, 0.6) is 0 Å². The number of H-pyrrole nitrogens is 1. The molecule has 0 saturated carbocycles. The number of nitrogens with one attached hydrogen (secondary N) is 2. The number of aryl methyl sites for hydroxylation is 2. The van der Waals surface area contributed by atoms with Gasteiger partial charge in [-0.1, -0.05) is 42.0 Å². The van der Waals surface area contributed by atoms with E-state index in [-0.39, 0.29) is 0 Å². The van der Waals surface area contributed by atoms with Crippen molar-refractivity contribution in [1.29, 1.82) is 0 Å². The van der Waals surface area contributed by atoms with E-state index in [2.05, 4.69) is 25.0 Å². The van der Waals surface area contributed by atoms with Crippen molar-refractivity contribution in [3.63, 3.8) is 0 Å². The normalized spacial score (nSPS) is 15.0. The van der Waals surface area contributed by atoms with Gasteiger partial charge in [-0.2, -0.15) is 18.2 Å². The molecule has 1 fully saturated rings. The second kappa shape index (κ2) is 12.3. The summed E-state index contributed by atoms with van der Waals surface area (Å²) >= 11 is 0. The predicted octanol–water partition coefficient (Wildman–Crippen LogP) is 4.68. The van der Waals surface area contributed by atoms with Gasteiger partial charge in [0.15, 0.2) is 0 Å². The number of carbonyl (C=O) groups is 2. The first kappa shape index (κ1) is 29.8. The van der Waals surface area contributed by atoms with Crippen LogP contribution in [-0.2, 0) is 14.3 Å². The third-order valence-corrected chi connectivity index (χ3v) is 7.57. The Morgan fingerprint density at radius 2 is 1.77 bits per heavy atom. The van der Waals surface area contributed by atoms with Crippen molar-refractivity contribution in [2.24, 2.45) is 5.92 Å². The van der Waals surface area contributed by atoms with Gasteiger partial charge in [0.25, 0.3) is 0 Å². The van der Waals surface area contributed by atoms with Crippen LogP contribution in [0.1, 0.15) is 42.0 Å². The number of hydrogen-bond acceptors (Lipinski definition) is 8. The highest BCUT2D eigenvalue weighted by molar-refractivity contribution is 5.88. The molecular formula is C30H31F3N6O4. The van der Waals surface area contributed by atoms with Gasteiger partial charge in [0.1, 0.15) is 5.82 Å². The number of para-hydroxylation sites is 2. The van der Waals surface area contributed by atoms with Gasteiger partial charge in [0.2, 0.25) is 5.95 Å². The lowest BCUT2D eigenvalue weighted by Gasteiger charge is -2.34. The quantitative estimate of drug-likeness (QED) is 0.222. The molecule has 0 radical (unpaired) electrons. The van der Waals surface area contributed by atoms with E-state index in [1.807, 2.05) is 36.1 Å². The van der Waals surface area contributed by atoms with Gasteiger partial charge in [-0.3, -0.25) is 9.36 Å². The summed E-state index contributed by atoms with van der Waals surface area (Å²) in [7, 11) is 0. The summed E-state index contributed by atoms with van der Waals surface area (Å²) < 4.78 is 43.2. The van der Waals surface area contributed by atoms with Crippen LogP contribution in [0, 0.1) is 19.8 Å². The molecule has 13 heteroatoms. The maximum atomic E-state index is 13.3. The number of carbonyl (C=O) groups excluding carboxylic acids is 2. The van der Waals surface area contributed by atoms with Crippen molar-refractivity contribution >= 4 is 34.7 Å². The van der Waals surface area contributed by atoms with Gasteiger partial charge < -0.3 is 19.9 Å². The molecule has 4 aromatic rings. The van der Waals surface area contributed by atoms with E-state index in [1.165, 1.54) is 4.57 Å². The molecule has 0 bridgehead atoms. The largest absolute Gasteiger partial charge is 0.491 e. The molecule has 1 saturated heterocycles. The second-order valence-electron chi connectivity index (χ2n) is 10.7. The monoisotopic (exact) mass is 596 g/mol. The summed E-state index contributed by atoms with van der Waals surface area (Å²) in [5.41, 5.74) is 3.24. The Kier molecular flexibility index (Phi) is 8.51. The molecule has 43 heavy (non-hydrogen) atoms. The number of alkyl halides is 3. The molecule has 5 rings (SSSR count). The van der Waals surface area contributed by atoms with Crippen LogP contribution in [-0.4, -0.2) is 57.3 Å². The molecule has 2 N–H and O–H groups in total. The smallest absolute Gasteiger partial charge is 0.386 e. The van der Waals surface area contributed by atoms with Gasteiger partial charge in [-0.05, 0) is 50.3 Å². The molecule has 1 aliphatic rings. The fraction of sp³-hybridized carbons (Fsp3) is 0.367. The number of rotatable bonds is 8. The molecule has 2 aromatic carbocycles. The van der Waals surface area contributed by atoms with Crippen molar-refractivity contribution in [3.05, 3.63) is 81.9 Å². The zero-order chi connectivity index (χ0) is 30.7. The lowest BCUT2D eigenvalue weighted by atomic mass is 9.96. The van der Waals surface area contributed by atoms with E-state index >= 15 is 0 Å². The lowest BCUT2D eigenvalue weighted by molar-refractivity contribution is -0.202. The molecule has 2 aromatic heterocycles. The molecule has 1 aliphatic heterocycles. The second-order valence-corrected chi connectivity index (χ2v) is 10.7. The number of ether oxygens (including phenoxy) is 1. The average Bonchev–Trinajstić information content (AvgIpc) is 3.39. The fourth-order valence-corrected chi connectivity index (χ4v) is 5.25. The van der Waals surface area contributed by atoms with Gasteiger partial charge in [0, 0.05) is 31.4 Å². The van der Waals surface area contributed by atoms with Crippen LogP contribution < -0.4 is 15.9 Å². The number of imidazole rings is 1. The summed E-state index contributed by atoms with van der Waals surface area (Å²) in [6, 6.07) is 13.6. The number of nitrogens with zero attached hydrogens (tertiary/aromatic N) is 4. The van der Waals surface area contributed by atoms with Crippen LogP contribution in [0.25, 0.3) is 11.0 Å². The first-order valence-electron chi connectivity index (χ1n) is 13.9. The highest BCUT2D eigenvalue weighted by Crippen LogP contribution is 2.27. The standard InChI is InChI=1S/C30H31F3N6O4/c1-18-7-9-21(10-8-18)24(15-25(40)43-27(41)30(31,32)33)39-17-19(2)26(37-29(39)42)38-13-11-20(12-14-38)16-34-28-35-22-5-3-4-6-23(22)36-28/h3-10,17,20,24H,11-16H2,1-2H3,(H2,34,35,36). The number of benzene rings is 2. The van der Waals surface area contributed by atoms with Crippen LogP contribution in [0.3, 0.4) is 0 Å². The number of aromatic nitrogens is 4. The van der Waals surface area contributed by atoms with Gasteiger partial charge in [0.05, 0.1) is 23.5 Å². The maximum absolute atomic E-state index is 13.3. The van der Waals surface area contributed by atoms with E-state index in [4.69, 9.17) is 0 Å². The van der Waals surface area contributed by atoms with Gasteiger partial charge in [-0.25, -0.2) is 14.6 Å². The molecule has 10 nitrogen and oxygen atoms in total. The summed E-state index contributed by atoms with van der Waals surface area (Å²) in [6.07, 6.45) is -2.72. The first-order chi connectivity index (χ1) is 20.5. The highest BCUT2D eigenvalue weighted by Gasteiger charge is 2.42. The summed E-state index contributed by atoms with van der Waals surface area (Å²) in [5.74, 6) is -2.38. The number of halogens is 3. The van der Waals surface area contributed by atoms with E-state index < -0.39 is 36.3 Å². The highest BCUT2D eigenvalue weighted by atomic mass is 19.4. The predicted molar refractivity (Wildman–Crippen MR) is 154 cm³/mol. The third-order valence-electron chi connectivity index (χ3n) is 7.57. The minimum Gasteiger partial charge on any atom is -0.386 e. The van der Waals surface area contributed by atoms with Crippen molar-refractivity contribution in [3.8, 4) is 0 Å². The Hall–Kier alpha value is -4.68. The first-order valence-corrected chi connectivity index (χ1v) is 13.9. The Bertz CT molecular complexity index is 1640. The van der Waals surface area contributed by atoms with E-state index in [0.29, 0.717) is 36.0 Å². The number of fused-ring (bicyclic) bond motifs is 1. The Morgan fingerprint density at radius 3 is 2.44 bits per heavy atom. The Labute approximate surface area is 244 Å². The van der Waals surface area contributed by atoms with E-state index in [9.17, 15) is 27.6 Å². The zero-order valence-corrected chi connectivity index (χ0v) is 23.6. The molecule has 226 valence electrons. The topological polar surface area (TPSA) is 122 Å². The van der Waals surface area contributed by atoms with Gasteiger partial charge >= 0.3 is 23.8 Å².